The summed E-state index contributed by atoms with van der Waals surface area (Å²) in [5, 5.41) is 8.01. The van der Waals surface area contributed by atoms with Crippen molar-refractivity contribution in [3.63, 3.8) is 0 Å². The van der Waals surface area contributed by atoms with Gasteiger partial charge in [0, 0.05) is 11.6 Å². The van der Waals surface area contributed by atoms with Crippen LogP contribution in [0.2, 0.25) is 0 Å². The van der Waals surface area contributed by atoms with Gasteiger partial charge >= 0.3 is 0 Å². The zero-order valence-electron chi connectivity index (χ0n) is 15.6. The van der Waals surface area contributed by atoms with E-state index >= 15 is 0 Å². The van der Waals surface area contributed by atoms with E-state index in [1.807, 2.05) is 20.1 Å². The van der Waals surface area contributed by atoms with Crippen LogP contribution in [0, 0.1) is 0 Å². The van der Waals surface area contributed by atoms with E-state index in [9.17, 15) is 14.4 Å². The summed E-state index contributed by atoms with van der Waals surface area (Å²) >= 11 is 1.58. The largest absolute Gasteiger partial charge is 0.497 e. The normalized spacial score (nSPS) is 11.6. The highest BCUT2D eigenvalue weighted by molar-refractivity contribution is 7.98. The third-order valence-electron chi connectivity index (χ3n) is 3.46. The fourth-order valence-electron chi connectivity index (χ4n) is 2.15. The Labute approximate surface area is 158 Å². The molecule has 0 spiro atoms. The van der Waals surface area contributed by atoms with Crippen molar-refractivity contribution in [1.82, 2.24) is 16.0 Å². The minimum absolute atomic E-state index is 0.00136. The molecule has 0 heterocycles. The average molecular weight is 381 g/mol. The monoisotopic (exact) mass is 381 g/mol. The summed E-state index contributed by atoms with van der Waals surface area (Å²) in [6.45, 7) is 3.57. The van der Waals surface area contributed by atoms with Gasteiger partial charge in [-0.05, 0) is 56.5 Å². The van der Waals surface area contributed by atoms with Crippen molar-refractivity contribution in [2.45, 2.75) is 32.4 Å². The molecule has 0 aromatic heterocycles. The zero-order chi connectivity index (χ0) is 19.5. The van der Waals surface area contributed by atoms with E-state index in [0.29, 0.717) is 23.5 Å². The van der Waals surface area contributed by atoms with Gasteiger partial charge in [-0.1, -0.05) is 0 Å². The summed E-state index contributed by atoms with van der Waals surface area (Å²) in [5.74, 6) is 0.368. The van der Waals surface area contributed by atoms with Crippen LogP contribution in [0.15, 0.2) is 24.3 Å². The molecule has 0 saturated heterocycles. The average Bonchev–Trinajstić information content (AvgIpc) is 2.62. The summed E-state index contributed by atoms with van der Waals surface area (Å²) in [4.78, 5) is 36.4. The number of carbonyl (C=O) groups is 3. The van der Waals surface area contributed by atoms with Crippen molar-refractivity contribution >= 4 is 29.5 Å². The standard InChI is InChI=1S/C18H27N3O4S/c1-12(2)20-16(22)11-19-18(24)15(9-10-26-4)21-17(23)13-5-7-14(25-3)8-6-13/h5-8,12,15H,9-11H2,1-4H3,(H,19,24)(H,20,22)(H,21,23)/t15-/m1/s1. The first-order chi connectivity index (χ1) is 12.4. The summed E-state index contributed by atoms with van der Waals surface area (Å²) in [6, 6.07) is 5.93. The molecule has 7 nitrogen and oxygen atoms in total. The molecule has 0 aliphatic carbocycles. The number of hydrogen-bond donors (Lipinski definition) is 3. The summed E-state index contributed by atoms with van der Waals surface area (Å²) in [7, 11) is 1.55. The third-order valence-corrected chi connectivity index (χ3v) is 4.10. The number of benzene rings is 1. The maximum absolute atomic E-state index is 12.4. The number of amides is 3. The first kappa shape index (κ1) is 21.8. The van der Waals surface area contributed by atoms with Gasteiger partial charge in [-0.25, -0.2) is 0 Å². The van der Waals surface area contributed by atoms with Crippen LogP contribution < -0.4 is 20.7 Å². The molecule has 3 N–H and O–H groups in total. The van der Waals surface area contributed by atoms with Crippen molar-refractivity contribution in [2.75, 3.05) is 25.7 Å². The molecule has 1 atom stereocenters. The SMILES string of the molecule is COc1ccc(C(=O)N[C@H](CCSC)C(=O)NCC(=O)NC(C)C)cc1. The molecular weight excluding hydrogens is 354 g/mol. The van der Waals surface area contributed by atoms with Crippen molar-refractivity contribution in [2.24, 2.45) is 0 Å². The Bertz CT molecular complexity index is 605. The van der Waals surface area contributed by atoms with E-state index < -0.39 is 6.04 Å². The molecule has 0 fully saturated rings. The lowest BCUT2D eigenvalue weighted by atomic mass is 10.1. The van der Waals surface area contributed by atoms with Crippen molar-refractivity contribution < 1.29 is 19.1 Å². The molecule has 1 rings (SSSR count). The lowest BCUT2D eigenvalue weighted by molar-refractivity contribution is -0.127. The Morgan fingerprint density at radius 2 is 1.77 bits per heavy atom. The molecule has 0 radical (unpaired) electrons. The van der Waals surface area contributed by atoms with E-state index in [1.165, 1.54) is 0 Å². The van der Waals surface area contributed by atoms with Crippen LogP contribution >= 0.6 is 11.8 Å². The van der Waals surface area contributed by atoms with Gasteiger partial charge in [0.1, 0.15) is 11.8 Å². The Balaban J connectivity index is 2.67. The lowest BCUT2D eigenvalue weighted by Gasteiger charge is -2.18. The quantitative estimate of drug-likeness (QED) is 0.566. The van der Waals surface area contributed by atoms with Crippen molar-refractivity contribution in [3.05, 3.63) is 29.8 Å². The fraction of sp³-hybridized carbons (Fsp3) is 0.500. The summed E-state index contributed by atoms with van der Waals surface area (Å²) in [6.07, 6.45) is 2.40. The number of thioether (sulfide) groups is 1. The molecule has 0 unspecified atom stereocenters. The Morgan fingerprint density at radius 1 is 1.12 bits per heavy atom. The van der Waals surface area contributed by atoms with E-state index in [-0.39, 0.29) is 30.3 Å². The second-order valence-corrected chi connectivity index (χ2v) is 6.96. The molecule has 8 heteroatoms. The number of ether oxygens (including phenoxy) is 1. The molecule has 0 aliphatic heterocycles. The number of hydrogen-bond acceptors (Lipinski definition) is 5. The van der Waals surface area contributed by atoms with Crippen molar-refractivity contribution in [1.29, 1.82) is 0 Å². The summed E-state index contributed by atoms with van der Waals surface area (Å²) in [5.41, 5.74) is 0.435. The van der Waals surface area contributed by atoms with E-state index in [1.54, 1.807) is 43.1 Å². The molecule has 3 amide bonds. The fourth-order valence-corrected chi connectivity index (χ4v) is 2.62. The Morgan fingerprint density at radius 3 is 2.31 bits per heavy atom. The number of carbonyl (C=O) groups excluding carboxylic acids is 3. The minimum atomic E-state index is -0.705. The molecular formula is C18H27N3O4S. The number of nitrogens with one attached hydrogen (secondary N) is 3. The van der Waals surface area contributed by atoms with Gasteiger partial charge in [-0.2, -0.15) is 11.8 Å². The van der Waals surface area contributed by atoms with Crippen LogP contribution in [0.5, 0.6) is 5.75 Å². The Hall–Kier alpha value is -2.22. The van der Waals surface area contributed by atoms with Gasteiger partial charge in [-0.3, -0.25) is 14.4 Å². The predicted molar refractivity (Wildman–Crippen MR) is 104 cm³/mol. The van der Waals surface area contributed by atoms with Gasteiger partial charge in [0.05, 0.1) is 13.7 Å². The molecule has 26 heavy (non-hydrogen) atoms. The van der Waals surface area contributed by atoms with E-state index in [4.69, 9.17) is 4.74 Å². The summed E-state index contributed by atoms with van der Waals surface area (Å²) < 4.78 is 5.07. The number of rotatable bonds is 10. The van der Waals surface area contributed by atoms with Gasteiger partial charge in [0.15, 0.2) is 0 Å². The Kier molecular flexibility index (Phi) is 9.57. The van der Waals surface area contributed by atoms with Crippen LogP contribution in [-0.4, -0.2) is 55.5 Å². The third kappa shape index (κ3) is 7.77. The van der Waals surface area contributed by atoms with Crippen LogP contribution in [0.3, 0.4) is 0 Å². The smallest absolute Gasteiger partial charge is 0.251 e. The van der Waals surface area contributed by atoms with Crippen LogP contribution in [0.4, 0.5) is 0 Å². The molecule has 1 aromatic carbocycles. The molecule has 144 valence electrons. The molecule has 1 aromatic rings. The maximum Gasteiger partial charge on any atom is 0.251 e. The minimum Gasteiger partial charge on any atom is -0.497 e. The highest BCUT2D eigenvalue weighted by Crippen LogP contribution is 2.11. The van der Waals surface area contributed by atoms with Crippen LogP contribution in [-0.2, 0) is 9.59 Å². The van der Waals surface area contributed by atoms with E-state index in [2.05, 4.69) is 16.0 Å². The van der Waals surface area contributed by atoms with Crippen molar-refractivity contribution in [3.8, 4) is 5.75 Å². The van der Waals surface area contributed by atoms with Crippen LogP contribution in [0.1, 0.15) is 30.6 Å². The van der Waals surface area contributed by atoms with Gasteiger partial charge in [0.2, 0.25) is 11.8 Å². The second kappa shape index (κ2) is 11.4. The van der Waals surface area contributed by atoms with Gasteiger partial charge in [0.25, 0.3) is 5.91 Å². The zero-order valence-corrected chi connectivity index (χ0v) is 16.4. The first-order valence-corrected chi connectivity index (χ1v) is 9.77. The maximum atomic E-state index is 12.4. The predicted octanol–water partition coefficient (Wildman–Crippen LogP) is 1.19. The molecule has 0 saturated carbocycles. The van der Waals surface area contributed by atoms with Gasteiger partial charge < -0.3 is 20.7 Å². The van der Waals surface area contributed by atoms with Crippen LogP contribution in [0.25, 0.3) is 0 Å². The topological polar surface area (TPSA) is 96.5 Å². The molecule has 0 bridgehead atoms. The highest BCUT2D eigenvalue weighted by Gasteiger charge is 2.21. The number of methoxy groups -OCH3 is 1. The van der Waals surface area contributed by atoms with Gasteiger partial charge in [-0.15, -0.1) is 0 Å². The first-order valence-electron chi connectivity index (χ1n) is 8.38. The second-order valence-electron chi connectivity index (χ2n) is 5.98. The van der Waals surface area contributed by atoms with E-state index in [0.717, 1.165) is 0 Å². The lowest BCUT2D eigenvalue weighted by Crippen LogP contribution is -2.49. The molecule has 0 aliphatic rings. The highest BCUT2D eigenvalue weighted by atomic mass is 32.2.